The van der Waals surface area contributed by atoms with Gasteiger partial charge in [0.2, 0.25) is 0 Å². The van der Waals surface area contributed by atoms with Crippen molar-refractivity contribution in [1.29, 1.82) is 0 Å². The van der Waals surface area contributed by atoms with Gasteiger partial charge in [0, 0.05) is 23.7 Å². The van der Waals surface area contributed by atoms with Gasteiger partial charge in [0.05, 0.1) is 24.2 Å². The highest BCUT2D eigenvalue weighted by molar-refractivity contribution is 5.92. The molecular formula is C22H20F3N3O3. The van der Waals surface area contributed by atoms with Crippen LogP contribution in [0.25, 0.3) is 10.8 Å². The van der Waals surface area contributed by atoms with E-state index >= 15 is 0 Å². The molecule has 2 aromatic carbocycles. The maximum absolute atomic E-state index is 14.2. The fourth-order valence-corrected chi connectivity index (χ4v) is 4.81. The minimum atomic E-state index is -4.87. The Kier molecular flexibility index (Phi) is 4.30. The standard InChI is InChI=1S/C22H20F3N3O3/c1-28-20(29)13-4-2-6-16(15(13)11-26-28)27-19-14-5-3-7-17-18(14)12(8-9-31-17)10-21(19,30)22(23,24)25/h2-7,11-12,19,27,30H,8-10H2,1H3. The van der Waals surface area contributed by atoms with Crippen LogP contribution in [0.1, 0.15) is 35.9 Å². The molecule has 0 saturated heterocycles. The van der Waals surface area contributed by atoms with Crippen LogP contribution >= 0.6 is 0 Å². The van der Waals surface area contributed by atoms with Crippen LogP contribution in [-0.4, -0.2) is 33.3 Å². The maximum Gasteiger partial charge on any atom is 0.419 e. The smallest absolute Gasteiger partial charge is 0.419 e. The van der Waals surface area contributed by atoms with Crippen molar-refractivity contribution in [3.05, 3.63) is 64.1 Å². The number of alkyl halides is 3. The zero-order valence-corrected chi connectivity index (χ0v) is 16.6. The summed E-state index contributed by atoms with van der Waals surface area (Å²) in [6.07, 6.45) is -3.49. The van der Waals surface area contributed by atoms with E-state index in [4.69, 9.17) is 4.74 Å². The number of anilines is 1. The molecule has 5 rings (SSSR count). The molecule has 0 saturated carbocycles. The number of aromatic nitrogens is 2. The van der Waals surface area contributed by atoms with Crippen LogP contribution in [0.2, 0.25) is 0 Å². The first kappa shape index (κ1) is 19.9. The normalized spacial score (nSPS) is 25.1. The monoisotopic (exact) mass is 431 g/mol. The predicted molar refractivity (Wildman–Crippen MR) is 108 cm³/mol. The van der Waals surface area contributed by atoms with Gasteiger partial charge >= 0.3 is 6.18 Å². The summed E-state index contributed by atoms with van der Waals surface area (Å²) in [6, 6.07) is 8.26. The summed E-state index contributed by atoms with van der Waals surface area (Å²) < 4.78 is 49.6. The molecule has 6 nitrogen and oxygen atoms in total. The molecule has 0 fully saturated rings. The van der Waals surface area contributed by atoms with Gasteiger partial charge in [-0.15, -0.1) is 0 Å². The highest BCUT2D eigenvalue weighted by Crippen LogP contribution is 2.56. The lowest BCUT2D eigenvalue weighted by Crippen LogP contribution is -2.56. The summed E-state index contributed by atoms with van der Waals surface area (Å²) in [6.45, 7) is 0.311. The van der Waals surface area contributed by atoms with Crippen molar-refractivity contribution < 1.29 is 23.0 Å². The van der Waals surface area contributed by atoms with Crippen LogP contribution in [0.4, 0.5) is 18.9 Å². The molecule has 3 aromatic rings. The number of fused-ring (bicyclic) bond motifs is 1. The van der Waals surface area contributed by atoms with Gasteiger partial charge in [-0.3, -0.25) is 4.79 Å². The van der Waals surface area contributed by atoms with Crippen LogP contribution in [0.3, 0.4) is 0 Å². The third kappa shape index (κ3) is 2.90. The first-order valence-electron chi connectivity index (χ1n) is 9.97. The number of ether oxygens (including phenoxy) is 1. The van der Waals surface area contributed by atoms with Crippen LogP contribution < -0.4 is 15.6 Å². The summed E-state index contributed by atoms with van der Waals surface area (Å²) in [5.41, 5.74) is -2.00. The molecule has 3 unspecified atom stereocenters. The SMILES string of the molecule is Cn1ncc2c(NC3c4cccc5c4C(CCO5)CC3(O)C(F)(F)F)cccc2c1=O. The number of hydrogen-bond acceptors (Lipinski definition) is 5. The van der Waals surface area contributed by atoms with E-state index in [1.165, 1.54) is 13.2 Å². The van der Waals surface area contributed by atoms with Gasteiger partial charge in [0.25, 0.3) is 5.56 Å². The molecule has 162 valence electrons. The molecular weight excluding hydrogens is 411 g/mol. The fraction of sp³-hybridized carbons (Fsp3) is 0.364. The number of aliphatic hydroxyl groups is 1. The van der Waals surface area contributed by atoms with Gasteiger partial charge < -0.3 is 15.2 Å². The second kappa shape index (κ2) is 6.71. The number of halogens is 3. The highest BCUT2D eigenvalue weighted by atomic mass is 19.4. The molecule has 9 heteroatoms. The van der Waals surface area contributed by atoms with Crippen molar-refractivity contribution in [2.24, 2.45) is 7.05 Å². The summed E-state index contributed by atoms with van der Waals surface area (Å²) >= 11 is 0. The number of benzene rings is 2. The average molecular weight is 431 g/mol. The molecule has 2 heterocycles. The zero-order valence-electron chi connectivity index (χ0n) is 16.6. The van der Waals surface area contributed by atoms with E-state index < -0.39 is 30.2 Å². The van der Waals surface area contributed by atoms with Crippen molar-refractivity contribution in [2.45, 2.75) is 36.6 Å². The summed E-state index contributed by atoms with van der Waals surface area (Å²) in [5.74, 6) is 0.101. The highest BCUT2D eigenvalue weighted by Gasteiger charge is 2.62. The van der Waals surface area contributed by atoms with E-state index in [0.29, 0.717) is 46.4 Å². The first-order valence-corrected chi connectivity index (χ1v) is 9.97. The lowest BCUT2D eigenvalue weighted by atomic mass is 9.68. The lowest BCUT2D eigenvalue weighted by Gasteiger charge is -2.47. The minimum absolute atomic E-state index is 0.295. The van der Waals surface area contributed by atoms with Gasteiger partial charge in [-0.2, -0.15) is 18.3 Å². The lowest BCUT2D eigenvalue weighted by molar-refractivity contribution is -0.273. The third-order valence-electron chi connectivity index (χ3n) is 6.36. The molecule has 1 aliphatic heterocycles. The number of hydrogen-bond donors (Lipinski definition) is 2. The number of nitrogens with zero attached hydrogens (tertiary/aromatic N) is 2. The van der Waals surface area contributed by atoms with E-state index in [9.17, 15) is 23.1 Å². The Hall–Kier alpha value is -3.07. The Morgan fingerprint density at radius 2 is 2.00 bits per heavy atom. The van der Waals surface area contributed by atoms with Gasteiger partial charge in [0.15, 0.2) is 5.60 Å². The van der Waals surface area contributed by atoms with E-state index in [1.54, 1.807) is 36.4 Å². The van der Waals surface area contributed by atoms with Crippen molar-refractivity contribution in [3.8, 4) is 5.75 Å². The summed E-state index contributed by atoms with van der Waals surface area (Å²) in [4.78, 5) is 12.4. The number of rotatable bonds is 2. The third-order valence-corrected chi connectivity index (χ3v) is 6.36. The Morgan fingerprint density at radius 1 is 1.23 bits per heavy atom. The second-order valence-corrected chi connectivity index (χ2v) is 8.14. The average Bonchev–Trinajstić information content (AvgIpc) is 2.73. The molecule has 3 atom stereocenters. The topological polar surface area (TPSA) is 76.4 Å². The van der Waals surface area contributed by atoms with Gasteiger partial charge in [-0.25, -0.2) is 4.68 Å². The molecule has 0 amide bonds. The van der Waals surface area contributed by atoms with Crippen LogP contribution in [-0.2, 0) is 7.05 Å². The Morgan fingerprint density at radius 3 is 2.77 bits per heavy atom. The number of nitrogens with one attached hydrogen (secondary N) is 1. The molecule has 0 spiro atoms. The van der Waals surface area contributed by atoms with Crippen molar-refractivity contribution in [1.82, 2.24) is 9.78 Å². The fourth-order valence-electron chi connectivity index (χ4n) is 4.81. The van der Waals surface area contributed by atoms with E-state index in [1.807, 2.05) is 0 Å². The van der Waals surface area contributed by atoms with E-state index in [0.717, 1.165) is 4.68 Å². The molecule has 2 aliphatic rings. The van der Waals surface area contributed by atoms with Gasteiger partial charge in [0.1, 0.15) is 5.75 Å². The minimum Gasteiger partial charge on any atom is -0.493 e. The van der Waals surface area contributed by atoms with Crippen molar-refractivity contribution in [2.75, 3.05) is 11.9 Å². The largest absolute Gasteiger partial charge is 0.493 e. The van der Waals surface area contributed by atoms with Crippen molar-refractivity contribution in [3.63, 3.8) is 0 Å². The Bertz CT molecular complexity index is 1240. The summed E-state index contributed by atoms with van der Waals surface area (Å²) in [7, 11) is 1.50. The predicted octanol–water partition coefficient (Wildman–Crippen LogP) is 3.65. The van der Waals surface area contributed by atoms with Crippen molar-refractivity contribution >= 4 is 16.5 Å². The molecule has 31 heavy (non-hydrogen) atoms. The van der Waals surface area contributed by atoms with Crippen LogP contribution in [0.5, 0.6) is 5.75 Å². The quantitative estimate of drug-likeness (QED) is 0.648. The zero-order chi connectivity index (χ0) is 22.0. The maximum atomic E-state index is 14.2. The second-order valence-electron chi connectivity index (χ2n) is 8.14. The molecule has 1 aromatic heterocycles. The molecule has 0 bridgehead atoms. The first-order chi connectivity index (χ1) is 14.7. The van der Waals surface area contributed by atoms with Gasteiger partial charge in [-0.05, 0) is 42.5 Å². The van der Waals surface area contributed by atoms with E-state index in [2.05, 4.69) is 10.4 Å². The van der Waals surface area contributed by atoms with Crippen LogP contribution in [0.15, 0.2) is 47.4 Å². The molecule has 2 N–H and O–H groups in total. The van der Waals surface area contributed by atoms with Crippen LogP contribution in [0, 0.1) is 0 Å². The Labute approximate surface area is 175 Å². The van der Waals surface area contributed by atoms with E-state index in [-0.39, 0.29) is 5.56 Å². The molecule has 0 radical (unpaired) electrons. The Balaban J connectivity index is 1.70. The van der Waals surface area contributed by atoms with Gasteiger partial charge in [-0.1, -0.05) is 18.2 Å². The summed E-state index contributed by atoms with van der Waals surface area (Å²) in [5, 5.41) is 18.7. The molecule has 1 aliphatic carbocycles. The number of aryl methyl sites for hydroxylation is 1.